The van der Waals surface area contributed by atoms with E-state index in [1.54, 1.807) is 24.3 Å². The monoisotopic (exact) mass is 338 g/mol. The van der Waals surface area contributed by atoms with E-state index in [2.05, 4.69) is 9.72 Å². The Kier molecular flexibility index (Phi) is 4.67. The van der Waals surface area contributed by atoms with Crippen molar-refractivity contribution in [3.05, 3.63) is 66.0 Å². The summed E-state index contributed by atoms with van der Waals surface area (Å²) in [6.07, 6.45) is 0. The minimum Gasteiger partial charge on any atom is -0.462 e. The van der Waals surface area contributed by atoms with Crippen LogP contribution in [-0.4, -0.2) is 24.0 Å². The summed E-state index contributed by atoms with van der Waals surface area (Å²) in [6.45, 7) is 0. The van der Waals surface area contributed by atoms with E-state index in [0.717, 1.165) is 11.3 Å². The summed E-state index contributed by atoms with van der Waals surface area (Å²) in [5.74, 6) is -1.71. The molecule has 0 radical (unpaired) electrons. The molecule has 24 heavy (non-hydrogen) atoms. The minimum atomic E-state index is -0.935. The maximum Gasteiger partial charge on any atom is 0.397 e. The van der Waals surface area contributed by atoms with Crippen molar-refractivity contribution in [1.29, 1.82) is 0 Å². The lowest BCUT2D eigenvalue weighted by Crippen LogP contribution is -2.33. The molecule has 0 aliphatic rings. The molecule has 0 bridgehead atoms. The van der Waals surface area contributed by atoms with Crippen LogP contribution < -0.4 is 4.90 Å². The van der Waals surface area contributed by atoms with Crippen molar-refractivity contribution in [2.24, 2.45) is 0 Å². The molecule has 120 valence electrons. The Morgan fingerprint density at radius 2 is 1.62 bits per heavy atom. The van der Waals surface area contributed by atoms with E-state index < -0.39 is 11.9 Å². The maximum absolute atomic E-state index is 12.4. The van der Waals surface area contributed by atoms with Gasteiger partial charge in [-0.2, -0.15) is 0 Å². The van der Waals surface area contributed by atoms with E-state index >= 15 is 0 Å². The lowest BCUT2D eigenvalue weighted by atomic mass is 10.2. The molecule has 0 aliphatic carbocycles. The molecule has 0 unspecified atom stereocenters. The molecular formula is C18H14N2O3S. The first-order valence-corrected chi connectivity index (χ1v) is 8.07. The normalized spacial score (nSPS) is 10.2. The van der Waals surface area contributed by atoms with Crippen molar-refractivity contribution in [3.63, 3.8) is 0 Å². The first-order valence-electron chi connectivity index (χ1n) is 7.19. The number of carbonyl (C=O) groups is 2. The number of hydrogen-bond acceptors (Lipinski definition) is 5. The molecule has 0 saturated heterocycles. The van der Waals surface area contributed by atoms with Gasteiger partial charge in [-0.05, 0) is 12.1 Å². The van der Waals surface area contributed by atoms with Gasteiger partial charge in [0.05, 0.1) is 18.5 Å². The van der Waals surface area contributed by atoms with E-state index in [1.165, 1.54) is 23.3 Å². The molecule has 0 atom stereocenters. The zero-order valence-electron chi connectivity index (χ0n) is 12.9. The van der Waals surface area contributed by atoms with Crippen LogP contribution in [-0.2, 0) is 14.3 Å². The first kappa shape index (κ1) is 15.9. The number of amides is 1. The van der Waals surface area contributed by atoms with Crippen molar-refractivity contribution < 1.29 is 14.3 Å². The first-order chi connectivity index (χ1) is 11.7. The van der Waals surface area contributed by atoms with Crippen LogP contribution in [0.1, 0.15) is 0 Å². The molecule has 0 N–H and O–H groups in total. The smallest absolute Gasteiger partial charge is 0.397 e. The summed E-state index contributed by atoms with van der Waals surface area (Å²) in [5.41, 5.74) is 2.24. The standard InChI is InChI=1S/C18H14N2O3S/c1-23-17(22)16(21)20(14-10-6-3-7-11-14)18-19-15(12-24-18)13-8-4-2-5-9-13/h2-12H,1H3. The van der Waals surface area contributed by atoms with Gasteiger partial charge >= 0.3 is 11.9 Å². The number of rotatable bonds is 3. The van der Waals surface area contributed by atoms with Crippen molar-refractivity contribution in [3.8, 4) is 11.3 Å². The number of benzene rings is 2. The molecule has 1 amide bonds. The summed E-state index contributed by atoms with van der Waals surface area (Å²) in [6, 6.07) is 18.5. The highest BCUT2D eigenvalue weighted by atomic mass is 32.1. The zero-order valence-corrected chi connectivity index (χ0v) is 13.7. The molecule has 0 fully saturated rings. The number of nitrogens with zero attached hydrogens (tertiary/aromatic N) is 2. The topological polar surface area (TPSA) is 59.5 Å². The molecule has 3 rings (SSSR count). The number of anilines is 2. The Balaban J connectivity index is 2.02. The second kappa shape index (κ2) is 7.06. The van der Waals surface area contributed by atoms with Crippen LogP contribution >= 0.6 is 11.3 Å². The van der Waals surface area contributed by atoms with Crippen LogP contribution in [0.3, 0.4) is 0 Å². The fourth-order valence-corrected chi connectivity index (χ4v) is 3.03. The molecule has 0 spiro atoms. The van der Waals surface area contributed by atoms with Crippen molar-refractivity contribution in [2.45, 2.75) is 0 Å². The molecule has 6 heteroatoms. The minimum absolute atomic E-state index is 0.412. The maximum atomic E-state index is 12.4. The molecular weight excluding hydrogens is 324 g/mol. The Labute approximate surface area is 143 Å². The van der Waals surface area contributed by atoms with Gasteiger partial charge in [0.1, 0.15) is 0 Å². The molecule has 5 nitrogen and oxygen atoms in total. The average Bonchev–Trinajstić information content (AvgIpc) is 3.12. The number of para-hydroxylation sites is 1. The third-order valence-corrected chi connectivity index (χ3v) is 4.16. The number of hydrogen-bond donors (Lipinski definition) is 0. The van der Waals surface area contributed by atoms with Crippen LogP contribution in [0, 0.1) is 0 Å². The number of esters is 1. The fraction of sp³-hybridized carbons (Fsp3) is 0.0556. The van der Waals surface area contributed by atoms with E-state index in [-0.39, 0.29) is 0 Å². The zero-order chi connectivity index (χ0) is 16.9. The summed E-state index contributed by atoms with van der Waals surface area (Å²) >= 11 is 1.29. The highest BCUT2D eigenvalue weighted by molar-refractivity contribution is 7.14. The number of methoxy groups -OCH3 is 1. The Morgan fingerprint density at radius 3 is 2.25 bits per heavy atom. The van der Waals surface area contributed by atoms with Crippen molar-refractivity contribution >= 4 is 34.0 Å². The Morgan fingerprint density at radius 1 is 1.00 bits per heavy atom. The van der Waals surface area contributed by atoms with Gasteiger partial charge in [-0.25, -0.2) is 14.7 Å². The second-order valence-corrected chi connectivity index (χ2v) is 5.69. The molecule has 2 aromatic carbocycles. The van der Waals surface area contributed by atoms with Gasteiger partial charge in [0.2, 0.25) is 0 Å². The molecule has 1 aromatic heterocycles. The summed E-state index contributed by atoms with van der Waals surface area (Å²) in [5, 5.41) is 2.26. The fourth-order valence-electron chi connectivity index (χ4n) is 2.18. The predicted molar refractivity (Wildman–Crippen MR) is 93.2 cm³/mol. The van der Waals surface area contributed by atoms with Gasteiger partial charge in [0, 0.05) is 10.9 Å². The molecule has 0 saturated carbocycles. The van der Waals surface area contributed by atoms with Gasteiger partial charge in [0.25, 0.3) is 0 Å². The van der Waals surface area contributed by atoms with Gasteiger partial charge in [-0.1, -0.05) is 48.5 Å². The van der Waals surface area contributed by atoms with Gasteiger partial charge in [-0.3, -0.25) is 4.79 Å². The SMILES string of the molecule is COC(=O)C(=O)N(c1ccccc1)c1nc(-c2ccccc2)cs1. The van der Waals surface area contributed by atoms with Gasteiger partial charge in [-0.15, -0.1) is 11.3 Å². The van der Waals surface area contributed by atoms with Gasteiger partial charge < -0.3 is 4.74 Å². The number of thiazole rings is 1. The third kappa shape index (κ3) is 3.18. The highest BCUT2D eigenvalue weighted by Gasteiger charge is 2.28. The number of ether oxygens (including phenoxy) is 1. The van der Waals surface area contributed by atoms with Crippen LogP contribution in [0.2, 0.25) is 0 Å². The van der Waals surface area contributed by atoms with Crippen molar-refractivity contribution in [1.82, 2.24) is 4.98 Å². The van der Waals surface area contributed by atoms with Crippen LogP contribution in [0.5, 0.6) is 0 Å². The van der Waals surface area contributed by atoms with E-state index in [4.69, 9.17) is 0 Å². The highest BCUT2D eigenvalue weighted by Crippen LogP contribution is 2.32. The molecule has 1 heterocycles. The number of carbonyl (C=O) groups excluding carboxylic acids is 2. The summed E-state index contributed by atoms with van der Waals surface area (Å²) < 4.78 is 4.57. The summed E-state index contributed by atoms with van der Waals surface area (Å²) in [7, 11) is 1.18. The van der Waals surface area contributed by atoms with E-state index in [9.17, 15) is 9.59 Å². The Hall–Kier alpha value is -2.99. The van der Waals surface area contributed by atoms with Crippen LogP contribution in [0.15, 0.2) is 66.0 Å². The molecule has 0 aliphatic heterocycles. The van der Waals surface area contributed by atoms with Crippen molar-refractivity contribution in [2.75, 3.05) is 12.0 Å². The van der Waals surface area contributed by atoms with Crippen LogP contribution in [0.25, 0.3) is 11.3 Å². The summed E-state index contributed by atoms with van der Waals surface area (Å²) in [4.78, 5) is 30.0. The lowest BCUT2D eigenvalue weighted by molar-refractivity contribution is -0.151. The average molecular weight is 338 g/mol. The quantitative estimate of drug-likeness (QED) is 0.540. The number of aromatic nitrogens is 1. The molecule has 3 aromatic rings. The lowest BCUT2D eigenvalue weighted by Gasteiger charge is -2.18. The van der Waals surface area contributed by atoms with E-state index in [0.29, 0.717) is 10.8 Å². The predicted octanol–water partition coefficient (Wildman–Crippen LogP) is 3.65. The Bertz CT molecular complexity index is 847. The van der Waals surface area contributed by atoms with Crippen LogP contribution in [0.4, 0.5) is 10.8 Å². The third-order valence-electron chi connectivity index (χ3n) is 3.33. The second-order valence-electron chi connectivity index (χ2n) is 4.85. The van der Waals surface area contributed by atoms with Gasteiger partial charge in [0.15, 0.2) is 5.13 Å². The van der Waals surface area contributed by atoms with E-state index in [1.807, 2.05) is 41.8 Å². The largest absolute Gasteiger partial charge is 0.462 e.